The summed E-state index contributed by atoms with van der Waals surface area (Å²) in [7, 11) is 0. The Balaban J connectivity index is 2.04. The maximum Gasteiger partial charge on any atom is 0.0630 e. The molecule has 1 aromatic heterocycles. The Bertz CT molecular complexity index is 590. The summed E-state index contributed by atoms with van der Waals surface area (Å²) in [5, 5.41) is 5.68. The van der Waals surface area contributed by atoms with E-state index in [4.69, 9.17) is 5.73 Å². The van der Waals surface area contributed by atoms with Gasteiger partial charge in [0.15, 0.2) is 0 Å². The van der Waals surface area contributed by atoms with Crippen LogP contribution in [0.2, 0.25) is 0 Å². The molecule has 2 aromatic rings. The Labute approximate surface area is 128 Å². The van der Waals surface area contributed by atoms with Gasteiger partial charge in [-0.2, -0.15) is 0 Å². The summed E-state index contributed by atoms with van der Waals surface area (Å²) in [4.78, 5) is 4.13. The lowest BCUT2D eigenvalue weighted by Gasteiger charge is -2.26. The van der Waals surface area contributed by atoms with Crippen molar-refractivity contribution in [2.24, 2.45) is 5.41 Å². The van der Waals surface area contributed by atoms with Gasteiger partial charge < -0.3 is 11.1 Å². The van der Waals surface area contributed by atoms with Crippen molar-refractivity contribution < 1.29 is 0 Å². The van der Waals surface area contributed by atoms with Crippen LogP contribution in [0.5, 0.6) is 0 Å². The van der Waals surface area contributed by atoms with Crippen LogP contribution < -0.4 is 11.1 Å². The number of hydrogen-bond acceptors (Lipinski definition) is 3. The number of nitrogen functional groups attached to an aromatic ring is 1. The third-order valence-electron chi connectivity index (χ3n) is 4.08. The van der Waals surface area contributed by atoms with Gasteiger partial charge in [0.2, 0.25) is 0 Å². The number of nitrogens with one attached hydrogen (secondary N) is 1. The lowest BCUT2D eigenvalue weighted by atomic mass is 9.87. The molecule has 21 heavy (non-hydrogen) atoms. The fraction of sp³-hybridized carbons (Fsp3) is 0.500. The van der Waals surface area contributed by atoms with E-state index >= 15 is 0 Å². The molecule has 0 aliphatic carbocycles. The number of anilines is 2. The topological polar surface area (TPSA) is 50.9 Å². The number of unbranched alkanes of at least 4 members (excludes halogenated alkanes) is 2. The minimum atomic E-state index is 0.287. The zero-order valence-corrected chi connectivity index (χ0v) is 13.4. The Morgan fingerprint density at radius 2 is 2.00 bits per heavy atom. The Hall–Kier alpha value is -1.77. The fourth-order valence-electron chi connectivity index (χ4n) is 2.62. The standard InChI is InChI=1S/C18H27N3/c1-4-5-6-10-18(2,3)13-21-16-8-7-14-12-20-11-9-15(14)17(16)19/h7-9,11-12,21H,4-6,10,13,19H2,1-3H3. The van der Waals surface area contributed by atoms with Gasteiger partial charge in [0.05, 0.1) is 11.4 Å². The zero-order chi connectivity index (χ0) is 15.3. The average Bonchev–Trinajstić information content (AvgIpc) is 2.47. The molecule has 3 nitrogen and oxygen atoms in total. The molecule has 2 rings (SSSR count). The summed E-state index contributed by atoms with van der Waals surface area (Å²) in [5.74, 6) is 0. The molecule has 0 saturated carbocycles. The van der Waals surface area contributed by atoms with Crippen molar-refractivity contribution in [2.45, 2.75) is 46.5 Å². The van der Waals surface area contributed by atoms with E-state index in [-0.39, 0.29) is 5.41 Å². The number of hydrogen-bond donors (Lipinski definition) is 2. The van der Waals surface area contributed by atoms with Crippen LogP contribution in [0.3, 0.4) is 0 Å². The van der Waals surface area contributed by atoms with E-state index in [1.54, 1.807) is 6.20 Å². The fourth-order valence-corrected chi connectivity index (χ4v) is 2.62. The van der Waals surface area contributed by atoms with Gasteiger partial charge in [-0.25, -0.2) is 0 Å². The molecule has 0 fully saturated rings. The SMILES string of the molecule is CCCCCC(C)(C)CNc1ccc2cnccc2c1N. The second-order valence-electron chi connectivity index (χ2n) is 6.60. The van der Waals surface area contributed by atoms with E-state index in [0.717, 1.165) is 28.7 Å². The number of pyridine rings is 1. The predicted octanol–water partition coefficient (Wildman–Crippen LogP) is 4.84. The summed E-state index contributed by atoms with van der Waals surface area (Å²) in [6.45, 7) is 7.82. The minimum Gasteiger partial charge on any atom is -0.397 e. The van der Waals surface area contributed by atoms with Crippen molar-refractivity contribution in [1.82, 2.24) is 4.98 Å². The van der Waals surface area contributed by atoms with Crippen LogP contribution in [0.1, 0.15) is 46.5 Å². The molecule has 0 amide bonds. The van der Waals surface area contributed by atoms with Crippen LogP contribution in [0.25, 0.3) is 10.8 Å². The van der Waals surface area contributed by atoms with Gasteiger partial charge >= 0.3 is 0 Å². The Kier molecular flexibility index (Phi) is 5.05. The molecule has 0 radical (unpaired) electrons. The summed E-state index contributed by atoms with van der Waals surface area (Å²) < 4.78 is 0. The number of rotatable bonds is 7. The molecule has 3 heteroatoms. The third kappa shape index (κ3) is 4.10. The van der Waals surface area contributed by atoms with Crippen molar-refractivity contribution >= 4 is 22.1 Å². The minimum absolute atomic E-state index is 0.287. The molecule has 0 aliphatic heterocycles. The van der Waals surface area contributed by atoms with Crippen molar-refractivity contribution in [3.63, 3.8) is 0 Å². The number of fused-ring (bicyclic) bond motifs is 1. The van der Waals surface area contributed by atoms with Gasteiger partial charge in [-0.1, -0.05) is 46.1 Å². The van der Waals surface area contributed by atoms with Gasteiger partial charge in [-0.15, -0.1) is 0 Å². The molecule has 0 bridgehead atoms. The highest BCUT2D eigenvalue weighted by Gasteiger charge is 2.17. The van der Waals surface area contributed by atoms with Crippen LogP contribution in [0.15, 0.2) is 30.6 Å². The highest BCUT2D eigenvalue weighted by atomic mass is 14.9. The van der Waals surface area contributed by atoms with E-state index in [2.05, 4.69) is 43.2 Å². The first-order chi connectivity index (χ1) is 10.0. The van der Waals surface area contributed by atoms with Gasteiger partial charge in [-0.05, 0) is 24.0 Å². The van der Waals surface area contributed by atoms with Crippen LogP contribution >= 0.6 is 0 Å². The second-order valence-corrected chi connectivity index (χ2v) is 6.60. The first kappa shape index (κ1) is 15.6. The molecular weight excluding hydrogens is 258 g/mol. The summed E-state index contributed by atoms with van der Waals surface area (Å²) in [6.07, 6.45) is 8.76. The largest absolute Gasteiger partial charge is 0.397 e. The van der Waals surface area contributed by atoms with Crippen molar-refractivity contribution in [3.8, 4) is 0 Å². The monoisotopic (exact) mass is 285 g/mol. The maximum absolute atomic E-state index is 6.28. The van der Waals surface area contributed by atoms with E-state index in [0.29, 0.717) is 0 Å². The Morgan fingerprint density at radius 3 is 2.76 bits per heavy atom. The molecule has 0 atom stereocenters. The first-order valence-electron chi connectivity index (χ1n) is 7.89. The third-order valence-corrected chi connectivity index (χ3v) is 4.08. The van der Waals surface area contributed by atoms with Crippen LogP contribution in [-0.2, 0) is 0 Å². The normalized spacial score (nSPS) is 11.8. The molecule has 0 spiro atoms. The average molecular weight is 285 g/mol. The van der Waals surface area contributed by atoms with Gasteiger partial charge in [0.1, 0.15) is 0 Å². The van der Waals surface area contributed by atoms with E-state index < -0.39 is 0 Å². The van der Waals surface area contributed by atoms with E-state index in [9.17, 15) is 0 Å². The maximum atomic E-state index is 6.28. The molecule has 0 aliphatic rings. The second kappa shape index (κ2) is 6.79. The quantitative estimate of drug-likeness (QED) is 0.565. The van der Waals surface area contributed by atoms with E-state index in [1.165, 1.54) is 25.7 Å². The smallest absolute Gasteiger partial charge is 0.0630 e. The van der Waals surface area contributed by atoms with Gasteiger partial charge in [-0.3, -0.25) is 4.98 Å². The van der Waals surface area contributed by atoms with Crippen LogP contribution in [-0.4, -0.2) is 11.5 Å². The lowest BCUT2D eigenvalue weighted by Crippen LogP contribution is -2.23. The first-order valence-corrected chi connectivity index (χ1v) is 7.89. The van der Waals surface area contributed by atoms with Crippen molar-refractivity contribution in [1.29, 1.82) is 0 Å². The molecule has 1 heterocycles. The molecule has 1 aromatic carbocycles. The predicted molar refractivity (Wildman–Crippen MR) is 92.6 cm³/mol. The molecule has 3 N–H and O–H groups in total. The number of nitrogens with zero attached hydrogens (tertiary/aromatic N) is 1. The molecule has 114 valence electrons. The number of benzene rings is 1. The van der Waals surface area contributed by atoms with Gasteiger partial charge in [0, 0.05) is 29.7 Å². The lowest BCUT2D eigenvalue weighted by molar-refractivity contribution is 0.342. The van der Waals surface area contributed by atoms with Crippen molar-refractivity contribution in [3.05, 3.63) is 30.6 Å². The van der Waals surface area contributed by atoms with Gasteiger partial charge in [0.25, 0.3) is 0 Å². The van der Waals surface area contributed by atoms with E-state index in [1.807, 2.05) is 12.3 Å². The highest BCUT2D eigenvalue weighted by Crippen LogP contribution is 2.30. The molecule has 0 saturated heterocycles. The van der Waals surface area contributed by atoms with Crippen molar-refractivity contribution in [2.75, 3.05) is 17.6 Å². The van der Waals surface area contributed by atoms with Crippen LogP contribution in [0.4, 0.5) is 11.4 Å². The van der Waals surface area contributed by atoms with Crippen LogP contribution in [0, 0.1) is 5.41 Å². The molecule has 0 unspecified atom stereocenters. The Morgan fingerprint density at radius 1 is 1.19 bits per heavy atom. The zero-order valence-electron chi connectivity index (χ0n) is 13.4. The molecular formula is C18H27N3. The summed E-state index contributed by atoms with van der Waals surface area (Å²) >= 11 is 0. The number of nitrogens with two attached hydrogens (primary N) is 1. The summed E-state index contributed by atoms with van der Waals surface area (Å²) in [6, 6.07) is 6.11. The number of aromatic nitrogens is 1. The summed E-state index contributed by atoms with van der Waals surface area (Å²) in [5.41, 5.74) is 8.41. The highest BCUT2D eigenvalue weighted by molar-refractivity contribution is 5.98.